The molecule has 1 aromatic heterocycles. The molecule has 1 amide bonds. The summed E-state index contributed by atoms with van der Waals surface area (Å²) in [4.78, 5) is 35.3. The largest absolute Gasteiger partial charge is 0.460 e. The number of carbonyl (C=O) groups excluding carboxylic acids is 2. The molecule has 11 heteroatoms. The molecule has 9 nitrogen and oxygen atoms in total. The van der Waals surface area contributed by atoms with Crippen molar-refractivity contribution in [2.45, 2.75) is 38.3 Å². The lowest BCUT2D eigenvalue weighted by Crippen LogP contribution is -2.39. The standard InChI is InChI=1S/C22H21ClN2O7S/c1-12-8-20-18(10-19(12)23)15(9-21(27)32-20)11-31-22(28)13(2)25-33(29,30)17-6-4-16(5-7-17)24-14(3)26/h4-10,13,25H,11H2,1-3H3,(H,24,26). The number of benzene rings is 2. The number of nitrogens with one attached hydrogen (secondary N) is 2. The second-order valence-electron chi connectivity index (χ2n) is 7.34. The summed E-state index contributed by atoms with van der Waals surface area (Å²) in [7, 11) is -4.03. The smallest absolute Gasteiger partial charge is 0.336 e. The van der Waals surface area contributed by atoms with Crippen LogP contribution in [0.4, 0.5) is 5.69 Å². The van der Waals surface area contributed by atoms with Crippen LogP contribution >= 0.6 is 11.6 Å². The lowest BCUT2D eigenvalue weighted by Gasteiger charge is -2.15. The molecule has 0 aliphatic carbocycles. The van der Waals surface area contributed by atoms with Gasteiger partial charge in [0.05, 0.1) is 4.90 Å². The minimum Gasteiger partial charge on any atom is -0.460 e. The number of esters is 1. The predicted molar refractivity (Wildman–Crippen MR) is 123 cm³/mol. The van der Waals surface area contributed by atoms with Gasteiger partial charge in [-0.05, 0) is 55.8 Å². The second kappa shape index (κ2) is 9.74. The normalized spacial score (nSPS) is 12.4. The Labute approximate surface area is 194 Å². The zero-order valence-electron chi connectivity index (χ0n) is 18.0. The van der Waals surface area contributed by atoms with E-state index in [1.54, 1.807) is 19.1 Å². The zero-order valence-corrected chi connectivity index (χ0v) is 19.5. The van der Waals surface area contributed by atoms with Crippen molar-refractivity contribution in [1.82, 2.24) is 4.72 Å². The fourth-order valence-corrected chi connectivity index (χ4v) is 4.37. The quantitative estimate of drug-likeness (QED) is 0.382. The van der Waals surface area contributed by atoms with E-state index in [1.165, 1.54) is 44.2 Å². The van der Waals surface area contributed by atoms with Gasteiger partial charge in [0.15, 0.2) is 0 Å². The molecule has 0 radical (unpaired) electrons. The van der Waals surface area contributed by atoms with Crippen molar-refractivity contribution in [2.24, 2.45) is 0 Å². The van der Waals surface area contributed by atoms with E-state index in [2.05, 4.69) is 10.0 Å². The Morgan fingerprint density at radius 3 is 2.45 bits per heavy atom. The summed E-state index contributed by atoms with van der Waals surface area (Å²) in [5.74, 6) is -1.13. The van der Waals surface area contributed by atoms with Crippen LogP contribution in [0.2, 0.25) is 5.02 Å². The fraction of sp³-hybridized carbons (Fsp3) is 0.227. The Balaban J connectivity index is 1.70. The van der Waals surface area contributed by atoms with E-state index >= 15 is 0 Å². The van der Waals surface area contributed by atoms with Crippen LogP contribution in [-0.2, 0) is 31.0 Å². The summed E-state index contributed by atoms with van der Waals surface area (Å²) in [6.07, 6.45) is 0. The summed E-state index contributed by atoms with van der Waals surface area (Å²) in [5.41, 5.74) is 1.21. The first-order chi connectivity index (χ1) is 15.5. The van der Waals surface area contributed by atoms with E-state index in [4.69, 9.17) is 20.8 Å². The van der Waals surface area contributed by atoms with Crippen LogP contribution in [0.15, 0.2) is 56.6 Å². The van der Waals surface area contributed by atoms with Gasteiger partial charge < -0.3 is 14.5 Å². The maximum absolute atomic E-state index is 12.6. The molecular formula is C22H21ClN2O7S. The van der Waals surface area contributed by atoms with Gasteiger partial charge in [0.1, 0.15) is 18.2 Å². The number of halogens is 1. The molecule has 174 valence electrons. The van der Waals surface area contributed by atoms with E-state index in [9.17, 15) is 22.8 Å². The molecule has 0 saturated carbocycles. The van der Waals surface area contributed by atoms with E-state index < -0.39 is 27.7 Å². The first kappa shape index (κ1) is 24.4. The Hall–Kier alpha value is -3.21. The molecule has 0 bridgehead atoms. The summed E-state index contributed by atoms with van der Waals surface area (Å²) in [6, 6.07) is 8.65. The van der Waals surface area contributed by atoms with Crippen molar-refractivity contribution < 1.29 is 27.2 Å². The highest BCUT2D eigenvalue weighted by Crippen LogP contribution is 2.25. The minimum absolute atomic E-state index is 0.0899. The van der Waals surface area contributed by atoms with Crippen LogP contribution in [0, 0.1) is 6.92 Å². The monoisotopic (exact) mass is 492 g/mol. The van der Waals surface area contributed by atoms with E-state index in [-0.39, 0.29) is 17.4 Å². The van der Waals surface area contributed by atoms with Gasteiger partial charge in [0, 0.05) is 34.6 Å². The maximum Gasteiger partial charge on any atom is 0.336 e. The summed E-state index contributed by atoms with van der Waals surface area (Å²) < 4.78 is 37.8. The van der Waals surface area contributed by atoms with E-state index in [0.717, 1.165) is 5.56 Å². The van der Waals surface area contributed by atoms with Crippen LogP contribution in [-0.4, -0.2) is 26.3 Å². The van der Waals surface area contributed by atoms with E-state index in [1.807, 2.05) is 0 Å². The molecule has 0 aliphatic rings. The zero-order chi connectivity index (χ0) is 24.3. The molecule has 1 atom stereocenters. The molecule has 0 spiro atoms. The third-order valence-corrected chi connectivity index (χ3v) is 6.61. The lowest BCUT2D eigenvalue weighted by atomic mass is 10.1. The number of hydrogen-bond donors (Lipinski definition) is 2. The molecule has 0 saturated heterocycles. The molecular weight excluding hydrogens is 472 g/mol. The number of anilines is 1. The third-order valence-electron chi connectivity index (χ3n) is 4.65. The Bertz CT molecular complexity index is 1380. The van der Waals surface area contributed by atoms with Gasteiger partial charge >= 0.3 is 11.6 Å². The molecule has 0 aliphatic heterocycles. The van der Waals surface area contributed by atoms with Crippen LogP contribution in [0.25, 0.3) is 11.0 Å². The van der Waals surface area contributed by atoms with Gasteiger partial charge in [-0.1, -0.05) is 11.6 Å². The van der Waals surface area contributed by atoms with Gasteiger partial charge in [0.2, 0.25) is 15.9 Å². The predicted octanol–water partition coefficient (Wildman–Crippen LogP) is 3.12. The number of carbonyl (C=O) groups is 2. The topological polar surface area (TPSA) is 132 Å². The Morgan fingerprint density at radius 1 is 1.15 bits per heavy atom. The number of fused-ring (bicyclic) bond motifs is 1. The van der Waals surface area contributed by atoms with Crippen molar-refractivity contribution in [3.05, 3.63) is 69.0 Å². The highest BCUT2D eigenvalue weighted by atomic mass is 35.5. The number of ether oxygens (including phenoxy) is 1. The van der Waals surface area contributed by atoms with Crippen molar-refractivity contribution in [1.29, 1.82) is 0 Å². The van der Waals surface area contributed by atoms with Gasteiger partial charge in [-0.2, -0.15) is 4.72 Å². The lowest BCUT2D eigenvalue weighted by molar-refractivity contribution is -0.146. The van der Waals surface area contributed by atoms with Crippen molar-refractivity contribution in [3.8, 4) is 0 Å². The van der Waals surface area contributed by atoms with Gasteiger partial charge in [0.25, 0.3) is 0 Å². The van der Waals surface area contributed by atoms with Crippen molar-refractivity contribution in [2.75, 3.05) is 5.32 Å². The molecule has 33 heavy (non-hydrogen) atoms. The fourth-order valence-electron chi connectivity index (χ4n) is 3.01. The van der Waals surface area contributed by atoms with E-state index in [0.29, 0.717) is 27.2 Å². The summed E-state index contributed by atoms with van der Waals surface area (Å²) in [5, 5.41) is 3.49. The molecule has 3 aromatic rings. The second-order valence-corrected chi connectivity index (χ2v) is 9.47. The molecule has 0 fully saturated rings. The number of rotatable bonds is 7. The third kappa shape index (κ3) is 5.98. The number of sulfonamides is 1. The first-order valence-electron chi connectivity index (χ1n) is 9.76. The molecule has 1 heterocycles. The number of hydrogen-bond acceptors (Lipinski definition) is 7. The Kier molecular flexibility index (Phi) is 7.21. The van der Waals surface area contributed by atoms with Gasteiger partial charge in [-0.25, -0.2) is 13.2 Å². The SMILES string of the molecule is CC(=O)Nc1ccc(S(=O)(=O)NC(C)C(=O)OCc2cc(=O)oc3cc(C)c(Cl)cc23)cc1. The van der Waals surface area contributed by atoms with Crippen molar-refractivity contribution >= 4 is 50.2 Å². The molecule has 3 rings (SSSR count). The maximum atomic E-state index is 12.6. The average molecular weight is 493 g/mol. The highest BCUT2D eigenvalue weighted by Gasteiger charge is 2.23. The van der Waals surface area contributed by atoms with Crippen LogP contribution in [0.3, 0.4) is 0 Å². The molecule has 2 aromatic carbocycles. The van der Waals surface area contributed by atoms with Gasteiger partial charge in [-0.15, -0.1) is 0 Å². The van der Waals surface area contributed by atoms with Crippen LogP contribution < -0.4 is 15.7 Å². The minimum atomic E-state index is -4.03. The number of aryl methyl sites for hydroxylation is 1. The molecule has 2 N–H and O–H groups in total. The van der Waals surface area contributed by atoms with Crippen molar-refractivity contribution in [3.63, 3.8) is 0 Å². The number of amides is 1. The molecule has 1 unspecified atom stereocenters. The van der Waals surface area contributed by atoms with Gasteiger partial charge in [-0.3, -0.25) is 9.59 Å². The Morgan fingerprint density at radius 2 is 1.82 bits per heavy atom. The highest BCUT2D eigenvalue weighted by molar-refractivity contribution is 7.89. The van der Waals surface area contributed by atoms with Crippen LogP contribution in [0.1, 0.15) is 25.0 Å². The van der Waals surface area contributed by atoms with Crippen LogP contribution in [0.5, 0.6) is 0 Å². The average Bonchev–Trinajstić information content (AvgIpc) is 2.72. The summed E-state index contributed by atoms with van der Waals surface area (Å²) in [6.45, 7) is 4.15. The summed E-state index contributed by atoms with van der Waals surface area (Å²) >= 11 is 6.15. The first-order valence-corrected chi connectivity index (χ1v) is 11.6.